The van der Waals surface area contributed by atoms with Crippen molar-refractivity contribution in [3.63, 3.8) is 0 Å². The van der Waals surface area contributed by atoms with Crippen molar-refractivity contribution in [2.24, 2.45) is 0 Å². The van der Waals surface area contributed by atoms with Crippen LogP contribution in [0.25, 0.3) is 0 Å². The summed E-state index contributed by atoms with van der Waals surface area (Å²) in [6.07, 6.45) is 1.26. The molecule has 0 saturated carbocycles. The summed E-state index contributed by atoms with van der Waals surface area (Å²) in [4.78, 5) is 20.4. The first-order valence-corrected chi connectivity index (χ1v) is 8.17. The van der Waals surface area contributed by atoms with E-state index in [2.05, 4.69) is 20.6 Å². The van der Waals surface area contributed by atoms with Gasteiger partial charge in [0.05, 0.1) is 27.4 Å². The number of nitrogens with one attached hydrogen (secondary N) is 2. The summed E-state index contributed by atoms with van der Waals surface area (Å²) in [5.74, 6) is -0.0679. The number of carbonyl (C=O) groups is 1. The Morgan fingerprint density at radius 2 is 1.77 bits per heavy atom. The minimum atomic E-state index is -0.434. The van der Waals surface area contributed by atoms with Gasteiger partial charge in [-0.25, -0.2) is 9.97 Å². The van der Waals surface area contributed by atoms with Gasteiger partial charge >= 0.3 is 0 Å². The lowest BCUT2D eigenvalue weighted by atomic mass is 10.2. The number of nitrogens with zero attached hydrogens (tertiary/aromatic N) is 3. The topological polar surface area (TPSA) is 90.7 Å². The molecule has 2 aromatic carbocycles. The van der Waals surface area contributed by atoms with Gasteiger partial charge in [0, 0.05) is 11.8 Å². The third-order valence-corrected chi connectivity index (χ3v) is 4.00. The minimum Gasteiger partial charge on any atom is -0.338 e. The van der Waals surface area contributed by atoms with Crippen molar-refractivity contribution < 1.29 is 4.79 Å². The Kier molecular flexibility index (Phi) is 5.32. The van der Waals surface area contributed by atoms with Crippen LogP contribution >= 0.6 is 23.2 Å². The summed E-state index contributed by atoms with van der Waals surface area (Å²) in [5.41, 5.74) is 1.58. The van der Waals surface area contributed by atoms with Crippen molar-refractivity contribution >= 4 is 46.3 Å². The van der Waals surface area contributed by atoms with Crippen molar-refractivity contribution in [2.45, 2.75) is 0 Å². The fourth-order valence-electron chi connectivity index (χ4n) is 2.16. The lowest BCUT2D eigenvalue weighted by molar-refractivity contribution is 0.102. The van der Waals surface area contributed by atoms with Crippen LogP contribution in [0.2, 0.25) is 10.0 Å². The highest BCUT2D eigenvalue weighted by Gasteiger charge is 2.12. The smallest absolute Gasteiger partial charge is 0.274 e. The molecule has 1 aromatic heterocycles. The summed E-state index contributed by atoms with van der Waals surface area (Å²) in [6, 6.07) is 15.2. The van der Waals surface area contributed by atoms with Crippen molar-refractivity contribution in [2.75, 3.05) is 10.6 Å². The van der Waals surface area contributed by atoms with Crippen molar-refractivity contribution in [1.82, 2.24) is 9.97 Å². The molecule has 0 bridgehead atoms. The molecule has 1 heterocycles. The van der Waals surface area contributed by atoms with Crippen LogP contribution in [0.15, 0.2) is 54.9 Å². The number of carbonyl (C=O) groups excluding carboxylic acids is 1. The Labute approximate surface area is 159 Å². The van der Waals surface area contributed by atoms with Gasteiger partial charge in [0.1, 0.15) is 17.8 Å². The second kappa shape index (κ2) is 7.83. The van der Waals surface area contributed by atoms with E-state index < -0.39 is 5.91 Å². The third kappa shape index (κ3) is 4.09. The highest BCUT2D eigenvalue weighted by Crippen LogP contribution is 2.32. The molecule has 6 nitrogen and oxygen atoms in total. The monoisotopic (exact) mass is 383 g/mol. The minimum absolute atomic E-state index is 0.146. The van der Waals surface area contributed by atoms with Gasteiger partial charge in [0.2, 0.25) is 0 Å². The van der Waals surface area contributed by atoms with E-state index in [0.717, 1.165) is 0 Å². The summed E-state index contributed by atoms with van der Waals surface area (Å²) >= 11 is 12.2. The Morgan fingerprint density at radius 3 is 2.50 bits per heavy atom. The normalized spacial score (nSPS) is 10.0. The number of halogens is 2. The van der Waals surface area contributed by atoms with Crippen LogP contribution in [-0.4, -0.2) is 15.9 Å². The summed E-state index contributed by atoms with van der Waals surface area (Å²) in [5, 5.41) is 15.4. The molecule has 1 amide bonds. The van der Waals surface area contributed by atoms with E-state index >= 15 is 0 Å². The summed E-state index contributed by atoms with van der Waals surface area (Å²) in [6.45, 7) is 0. The first kappa shape index (κ1) is 17.7. The molecule has 0 unspecified atom stereocenters. The largest absolute Gasteiger partial charge is 0.338 e. The zero-order chi connectivity index (χ0) is 18.5. The van der Waals surface area contributed by atoms with Crippen LogP contribution in [0.5, 0.6) is 0 Å². The van der Waals surface area contributed by atoms with Gasteiger partial charge < -0.3 is 10.6 Å². The number of benzene rings is 2. The maximum atomic E-state index is 12.4. The third-order valence-electron chi connectivity index (χ3n) is 3.37. The second-order valence-electron chi connectivity index (χ2n) is 5.16. The number of rotatable bonds is 4. The van der Waals surface area contributed by atoms with Crippen molar-refractivity contribution in [3.05, 3.63) is 76.2 Å². The molecular weight excluding hydrogens is 373 g/mol. The van der Waals surface area contributed by atoms with Crippen LogP contribution < -0.4 is 10.6 Å². The fraction of sp³-hybridized carbons (Fsp3) is 0. The lowest BCUT2D eigenvalue weighted by Crippen LogP contribution is -2.14. The van der Waals surface area contributed by atoms with Gasteiger partial charge in [-0.3, -0.25) is 4.79 Å². The van der Waals surface area contributed by atoms with E-state index in [1.807, 2.05) is 6.07 Å². The number of hydrogen-bond acceptors (Lipinski definition) is 5. The first-order chi connectivity index (χ1) is 12.6. The molecular formula is C18H11Cl2N5O. The van der Waals surface area contributed by atoms with E-state index in [-0.39, 0.29) is 5.69 Å². The van der Waals surface area contributed by atoms with E-state index in [9.17, 15) is 4.79 Å². The van der Waals surface area contributed by atoms with Gasteiger partial charge in [0.15, 0.2) is 0 Å². The van der Waals surface area contributed by atoms with E-state index in [1.165, 1.54) is 12.4 Å². The highest BCUT2D eigenvalue weighted by atomic mass is 35.5. The van der Waals surface area contributed by atoms with Gasteiger partial charge in [-0.1, -0.05) is 35.3 Å². The molecule has 0 aliphatic rings. The Morgan fingerprint density at radius 1 is 1.04 bits per heavy atom. The predicted octanol–water partition coefficient (Wildman–Crippen LogP) is 4.65. The molecule has 0 fully saturated rings. The second-order valence-corrected chi connectivity index (χ2v) is 5.97. The van der Waals surface area contributed by atoms with Gasteiger partial charge in [-0.15, -0.1) is 0 Å². The maximum absolute atomic E-state index is 12.4. The highest BCUT2D eigenvalue weighted by molar-refractivity contribution is 6.39. The molecule has 2 N–H and O–H groups in total. The first-order valence-electron chi connectivity index (χ1n) is 7.41. The SMILES string of the molecule is N#Cc1cccc(NC(=O)c2cc(Nc3c(Cl)cccc3Cl)ncn2)c1. The molecule has 8 heteroatoms. The quantitative estimate of drug-likeness (QED) is 0.683. The molecule has 3 rings (SSSR count). The van der Waals surface area contributed by atoms with Gasteiger partial charge in [-0.2, -0.15) is 5.26 Å². The fourth-order valence-corrected chi connectivity index (χ4v) is 2.65. The Bertz CT molecular complexity index is 996. The standard InChI is InChI=1S/C18H11Cl2N5O/c19-13-5-2-6-14(20)17(13)25-16-8-15(22-10-23-16)18(26)24-12-4-1-3-11(7-12)9-21/h1-8,10H,(H,24,26)(H,22,23,25). The summed E-state index contributed by atoms with van der Waals surface area (Å²) < 4.78 is 0. The molecule has 0 aliphatic heterocycles. The number of nitriles is 1. The van der Waals surface area contributed by atoms with Gasteiger partial charge in [0.25, 0.3) is 5.91 Å². The molecule has 128 valence electrons. The van der Waals surface area contributed by atoms with Crippen LogP contribution in [0.4, 0.5) is 17.2 Å². The number of hydrogen-bond donors (Lipinski definition) is 2. The lowest BCUT2D eigenvalue weighted by Gasteiger charge is -2.10. The van der Waals surface area contributed by atoms with E-state index in [0.29, 0.717) is 32.8 Å². The number of para-hydroxylation sites is 1. The van der Waals surface area contributed by atoms with Crippen molar-refractivity contribution in [1.29, 1.82) is 5.26 Å². The van der Waals surface area contributed by atoms with Crippen LogP contribution in [0.3, 0.4) is 0 Å². The predicted molar refractivity (Wildman–Crippen MR) is 101 cm³/mol. The molecule has 0 saturated heterocycles. The molecule has 0 radical (unpaired) electrons. The Hall–Kier alpha value is -3.14. The number of anilines is 3. The van der Waals surface area contributed by atoms with E-state index in [1.54, 1.807) is 42.5 Å². The van der Waals surface area contributed by atoms with E-state index in [4.69, 9.17) is 28.5 Å². The van der Waals surface area contributed by atoms with Crippen LogP contribution in [0.1, 0.15) is 16.1 Å². The number of aromatic nitrogens is 2. The summed E-state index contributed by atoms with van der Waals surface area (Å²) in [7, 11) is 0. The number of amides is 1. The molecule has 26 heavy (non-hydrogen) atoms. The van der Waals surface area contributed by atoms with Crippen LogP contribution in [-0.2, 0) is 0 Å². The van der Waals surface area contributed by atoms with Gasteiger partial charge in [-0.05, 0) is 30.3 Å². The van der Waals surface area contributed by atoms with Crippen LogP contribution in [0, 0.1) is 11.3 Å². The molecule has 0 aliphatic carbocycles. The molecule has 3 aromatic rings. The average molecular weight is 384 g/mol. The van der Waals surface area contributed by atoms with Crippen molar-refractivity contribution in [3.8, 4) is 6.07 Å². The Balaban J connectivity index is 1.80. The molecule has 0 spiro atoms. The molecule has 0 atom stereocenters. The zero-order valence-corrected chi connectivity index (χ0v) is 14.7. The zero-order valence-electron chi connectivity index (χ0n) is 13.2. The maximum Gasteiger partial charge on any atom is 0.274 e. The average Bonchev–Trinajstić information content (AvgIpc) is 2.65.